The standard InChI is InChI=1S/C15H30N4O13S/c20-13(5-3-9-31-18(25)26)16-12(11-33-14(21)6-4-10-32-19(27)28)15(22)29-7-1-2-8-30-17(23)24/h12,23-28H,1-11H2,(H,16,20). The minimum absolute atomic E-state index is 0.0110. The van der Waals surface area contributed by atoms with Crippen LogP contribution in [0.4, 0.5) is 0 Å². The molecule has 0 bridgehead atoms. The average molecular weight is 506 g/mol. The first-order valence-electron chi connectivity index (χ1n) is 9.65. The molecule has 0 aliphatic heterocycles. The molecule has 0 saturated carbocycles. The summed E-state index contributed by atoms with van der Waals surface area (Å²) in [5.41, 5.74) is 0. The normalized spacial score (nSPS) is 12.4. The third-order valence-corrected chi connectivity index (χ3v) is 4.53. The van der Waals surface area contributed by atoms with Crippen molar-refractivity contribution < 1.29 is 64.9 Å². The number of carbonyl (C=O) groups excluding carboxylic acids is 3. The first-order chi connectivity index (χ1) is 15.6. The smallest absolute Gasteiger partial charge is 0.329 e. The van der Waals surface area contributed by atoms with E-state index in [-0.39, 0.29) is 63.0 Å². The highest BCUT2D eigenvalue weighted by atomic mass is 32.2. The Morgan fingerprint density at radius 1 is 0.727 bits per heavy atom. The molecular formula is C15H30N4O13S. The van der Waals surface area contributed by atoms with Crippen LogP contribution in [-0.2, 0) is 33.6 Å². The van der Waals surface area contributed by atoms with Crippen LogP contribution >= 0.6 is 11.8 Å². The largest absolute Gasteiger partial charge is 0.464 e. The van der Waals surface area contributed by atoms with E-state index in [1.165, 1.54) is 0 Å². The zero-order valence-electron chi connectivity index (χ0n) is 17.6. The third-order valence-electron chi connectivity index (χ3n) is 3.51. The fourth-order valence-corrected chi connectivity index (χ4v) is 2.91. The van der Waals surface area contributed by atoms with Crippen molar-refractivity contribution in [3.8, 4) is 0 Å². The molecule has 194 valence electrons. The van der Waals surface area contributed by atoms with E-state index < -0.39 is 34.1 Å². The molecule has 18 heteroatoms. The van der Waals surface area contributed by atoms with Gasteiger partial charge < -0.3 is 10.1 Å². The molecular weight excluding hydrogens is 476 g/mol. The molecule has 7 N–H and O–H groups in total. The highest BCUT2D eigenvalue weighted by Crippen LogP contribution is 2.11. The van der Waals surface area contributed by atoms with Crippen LogP contribution in [0.1, 0.15) is 38.5 Å². The van der Waals surface area contributed by atoms with Crippen molar-refractivity contribution in [3.63, 3.8) is 0 Å². The Kier molecular flexibility index (Phi) is 19.0. The van der Waals surface area contributed by atoms with Gasteiger partial charge in [-0.15, -0.1) is 0 Å². The molecule has 33 heavy (non-hydrogen) atoms. The van der Waals surface area contributed by atoms with Crippen LogP contribution in [-0.4, -0.2) is 103 Å². The van der Waals surface area contributed by atoms with Gasteiger partial charge in [-0.3, -0.25) is 55.3 Å². The number of hydrogen-bond donors (Lipinski definition) is 7. The van der Waals surface area contributed by atoms with Gasteiger partial charge in [0.2, 0.25) is 5.91 Å². The van der Waals surface area contributed by atoms with Crippen molar-refractivity contribution in [2.45, 2.75) is 44.6 Å². The lowest BCUT2D eigenvalue weighted by Crippen LogP contribution is -2.44. The quantitative estimate of drug-likeness (QED) is 0.0635. The van der Waals surface area contributed by atoms with E-state index in [1.807, 2.05) is 0 Å². The molecule has 17 nitrogen and oxygen atoms in total. The summed E-state index contributed by atoms with van der Waals surface area (Å²) in [5, 5.41) is 51.2. The fraction of sp³-hybridized carbons (Fsp3) is 0.800. The van der Waals surface area contributed by atoms with Gasteiger partial charge in [0.1, 0.15) is 6.04 Å². The number of thioether (sulfide) groups is 1. The summed E-state index contributed by atoms with van der Waals surface area (Å²) in [4.78, 5) is 49.3. The van der Waals surface area contributed by atoms with Gasteiger partial charge in [0.25, 0.3) is 0 Å². The number of rotatable bonds is 20. The maximum atomic E-state index is 12.3. The number of ether oxygens (including phenoxy) is 1. The number of hydrogen-bond acceptors (Lipinski definition) is 17. The Morgan fingerprint density at radius 2 is 1.21 bits per heavy atom. The van der Waals surface area contributed by atoms with E-state index in [0.29, 0.717) is 12.8 Å². The Balaban J connectivity index is 4.50. The number of esters is 1. The summed E-state index contributed by atoms with van der Waals surface area (Å²) in [5.74, 6) is -1.47. The second-order valence-corrected chi connectivity index (χ2v) is 7.22. The zero-order chi connectivity index (χ0) is 25.1. The van der Waals surface area contributed by atoms with Crippen molar-refractivity contribution in [1.29, 1.82) is 0 Å². The van der Waals surface area contributed by atoms with Crippen LogP contribution in [0.5, 0.6) is 0 Å². The maximum absolute atomic E-state index is 12.3. The van der Waals surface area contributed by atoms with Gasteiger partial charge in [-0.05, 0) is 25.7 Å². The molecule has 1 atom stereocenters. The number of nitrogens with one attached hydrogen (secondary N) is 1. The van der Waals surface area contributed by atoms with E-state index in [0.717, 1.165) is 11.8 Å². The predicted molar refractivity (Wildman–Crippen MR) is 102 cm³/mol. The molecule has 0 aromatic heterocycles. The second kappa shape index (κ2) is 19.9. The fourth-order valence-electron chi connectivity index (χ4n) is 2.05. The number of unbranched alkanes of at least 4 members (excludes halogenated alkanes) is 1. The van der Waals surface area contributed by atoms with Gasteiger partial charge in [-0.25, -0.2) is 4.79 Å². The summed E-state index contributed by atoms with van der Waals surface area (Å²) in [6.45, 7) is -0.386. The summed E-state index contributed by atoms with van der Waals surface area (Å²) >= 11 is 0.769. The first kappa shape index (κ1) is 31.5. The number of nitrogens with zero attached hydrogens (tertiary/aromatic N) is 3. The van der Waals surface area contributed by atoms with Crippen molar-refractivity contribution in [2.24, 2.45) is 0 Å². The molecule has 0 heterocycles. The lowest BCUT2D eigenvalue weighted by molar-refractivity contribution is -0.492. The summed E-state index contributed by atoms with van der Waals surface area (Å²) in [6.07, 6.45) is 0.855. The van der Waals surface area contributed by atoms with Gasteiger partial charge in [0, 0.05) is 18.6 Å². The Hall–Kier alpha value is -1.52. The molecule has 0 saturated heterocycles. The molecule has 0 aliphatic rings. The van der Waals surface area contributed by atoms with Crippen molar-refractivity contribution in [1.82, 2.24) is 21.5 Å². The van der Waals surface area contributed by atoms with Crippen LogP contribution in [0.3, 0.4) is 0 Å². The van der Waals surface area contributed by atoms with Gasteiger partial charge in [0.05, 0.1) is 42.6 Å². The third kappa shape index (κ3) is 20.8. The molecule has 0 fully saturated rings. The Morgan fingerprint density at radius 3 is 1.76 bits per heavy atom. The summed E-state index contributed by atoms with van der Waals surface area (Å²) < 4.78 is 5.08. The lowest BCUT2D eigenvalue weighted by atomic mass is 10.2. The van der Waals surface area contributed by atoms with Crippen molar-refractivity contribution in [3.05, 3.63) is 0 Å². The van der Waals surface area contributed by atoms with Gasteiger partial charge >= 0.3 is 5.97 Å². The molecule has 0 radical (unpaired) electrons. The molecule has 0 aromatic carbocycles. The van der Waals surface area contributed by atoms with Gasteiger partial charge in [-0.1, -0.05) is 11.8 Å². The Labute approximate surface area is 192 Å². The maximum Gasteiger partial charge on any atom is 0.329 e. The van der Waals surface area contributed by atoms with Crippen LogP contribution in [0.25, 0.3) is 0 Å². The first-order valence-corrected chi connectivity index (χ1v) is 10.6. The molecule has 0 spiro atoms. The minimum Gasteiger partial charge on any atom is -0.464 e. The SMILES string of the molecule is O=C(CCCON(O)O)NC(CSC(=O)CCCON(O)O)C(=O)OCCCCON(O)O. The summed E-state index contributed by atoms with van der Waals surface area (Å²) in [7, 11) is 0. The van der Waals surface area contributed by atoms with Gasteiger partial charge in [-0.2, -0.15) is 0 Å². The minimum atomic E-state index is -1.15. The lowest BCUT2D eigenvalue weighted by Gasteiger charge is -2.17. The topological polar surface area (TPSA) is 231 Å². The Bertz CT molecular complexity index is 556. The second-order valence-electron chi connectivity index (χ2n) is 6.14. The van der Waals surface area contributed by atoms with E-state index in [2.05, 4.69) is 19.8 Å². The zero-order valence-corrected chi connectivity index (χ0v) is 18.5. The molecule has 0 aliphatic carbocycles. The predicted octanol–water partition coefficient (Wildman–Crippen LogP) is -0.349. The van der Waals surface area contributed by atoms with Crippen LogP contribution < -0.4 is 5.32 Å². The van der Waals surface area contributed by atoms with Crippen molar-refractivity contribution >= 4 is 28.8 Å². The molecule has 0 aromatic rings. The monoisotopic (exact) mass is 506 g/mol. The van der Waals surface area contributed by atoms with E-state index in [4.69, 9.17) is 36.0 Å². The number of amides is 1. The van der Waals surface area contributed by atoms with E-state index in [9.17, 15) is 14.4 Å². The molecule has 1 amide bonds. The van der Waals surface area contributed by atoms with E-state index in [1.54, 1.807) is 0 Å². The van der Waals surface area contributed by atoms with Gasteiger partial charge in [0.15, 0.2) is 5.12 Å². The highest BCUT2D eigenvalue weighted by Gasteiger charge is 2.23. The average Bonchev–Trinajstić information content (AvgIpc) is 2.73. The summed E-state index contributed by atoms with van der Waals surface area (Å²) in [6, 6.07) is -1.15. The van der Waals surface area contributed by atoms with Crippen LogP contribution in [0.2, 0.25) is 0 Å². The van der Waals surface area contributed by atoms with Crippen LogP contribution in [0, 0.1) is 0 Å². The van der Waals surface area contributed by atoms with Crippen molar-refractivity contribution in [2.75, 3.05) is 32.2 Å². The molecule has 1 unspecified atom stereocenters. The van der Waals surface area contributed by atoms with E-state index >= 15 is 0 Å². The molecule has 0 rings (SSSR count). The highest BCUT2D eigenvalue weighted by molar-refractivity contribution is 8.13. The number of carbonyl (C=O) groups is 3. The van der Waals surface area contributed by atoms with Crippen LogP contribution in [0.15, 0.2) is 0 Å².